The fraction of sp³-hybridized carbons (Fsp3) is 0.0769. The summed E-state index contributed by atoms with van der Waals surface area (Å²) in [5.41, 5.74) is 8.77. The zero-order chi connectivity index (χ0) is 13.6. The maximum atomic E-state index is 11.3. The van der Waals surface area contributed by atoms with E-state index in [-0.39, 0.29) is 17.3 Å². The van der Waals surface area contributed by atoms with Gasteiger partial charge in [-0.05, 0) is 29.3 Å². The average molecular weight is 257 g/mol. The van der Waals surface area contributed by atoms with Gasteiger partial charge in [0.15, 0.2) is 0 Å². The van der Waals surface area contributed by atoms with Crippen LogP contribution in [0.4, 0.5) is 11.5 Å². The molecule has 0 radical (unpaired) electrons. The van der Waals surface area contributed by atoms with Gasteiger partial charge in [0.1, 0.15) is 11.4 Å². The first kappa shape index (κ1) is 11.3. The number of anilines is 2. The number of aromatic amines is 1. The largest absolute Gasteiger partial charge is 0.478 e. The van der Waals surface area contributed by atoms with E-state index in [2.05, 4.69) is 10.3 Å². The van der Waals surface area contributed by atoms with E-state index in [9.17, 15) is 9.59 Å². The van der Waals surface area contributed by atoms with Crippen LogP contribution in [0, 0.1) is 0 Å². The molecule has 0 spiro atoms. The van der Waals surface area contributed by atoms with Crippen molar-refractivity contribution in [1.82, 2.24) is 4.98 Å². The molecular weight excluding hydrogens is 246 g/mol. The molecule has 0 atom stereocenters. The molecule has 2 aromatic rings. The molecule has 3 rings (SSSR count). The monoisotopic (exact) mass is 257 g/mol. The van der Waals surface area contributed by atoms with Crippen molar-refractivity contribution < 1.29 is 14.7 Å². The third-order valence-corrected chi connectivity index (χ3v) is 3.12. The third kappa shape index (κ3) is 1.83. The number of carboxylic acid groups (broad SMARTS) is 1. The van der Waals surface area contributed by atoms with Crippen LogP contribution >= 0.6 is 0 Å². The molecule has 0 unspecified atom stereocenters. The van der Waals surface area contributed by atoms with Crippen molar-refractivity contribution >= 4 is 23.4 Å². The number of nitrogens with two attached hydrogens (primary N) is 1. The van der Waals surface area contributed by atoms with Crippen molar-refractivity contribution in [2.75, 3.05) is 11.1 Å². The van der Waals surface area contributed by atoms with Gasteiger partial charge in [0, 0.05) is 11.4 Å². The highest BCUT2D eigenvalue weighted by Gasteiger charge is 2.19. The molecule has 0 fully saturated rings. The molecule has 19 heavy (non-hydrogen) atoms. The second-order valence-electron chi connectivity index (χ2n) is 4.41. The third-order valence-electron chi connectivity index (χ3n) is 3.12. The zero-order valence-electron chi connectivity index (χ0n) is 9.86. The van der Waals surface area contributed by atoms with E-state index in [0.29, 0.717) is 12.1 Å². The molecule has 6 heteroatoms. The summed E-state index contributed by atoms with van der Waals surface area (Å²) in [7, 11) is 0. The maximum Gasteiger partial charge on any atom is 0.339 e. The normalized spacial score (nSPS) is 13.2. The molecule has 0 saturated carbocycles. The summed E-state index contributed by atoms with van der Waals surface area (Å²) in [5.74, 6) is -0.987. The quantitative estimate of drug-likeness (QED) is 0.653. The van der Waals surface area contributed by atoms with E-state index in [1.807, 2.05) is 6.07 Å². The number of hydrogen-bond donors (Lipinski definition) is 4. The standard InChI is InChI=1S/C13H11N3O3/c14-12-8(13(18)19)5-10(16-12)6-1-2-9-7(3-6)4-11(17)15-9/h1-3,5,16H,4,14H2,(H,15,17)(H,18,19). The summed E-state index contributed by atoms with van der Waals surface area (Å²) in [6.45, 7) is 0. The number of aromatic nitrogens is 1. The molecule has 96 valence electrons. The highest BCUT2D eigenvalue weighted by molar-refractivity contribution is 6.00. The van der Waals surface area contributed by atoms with E-state index in [4.69, 9.17) is 10.8 Å². The van der Waals surface area contributed by atoms with E-state index in [0.717, 1.165) is 16.8 Å². The lowest BCUT2D eigenvalue weighted by atomic mass is 10.1. The number of fused-ring (bicyclic) bond motifs is 1. The van der Waals surface area contributed by atoms with Crippen LogP contribution in [-0.2, 0) is 11.2 Å². The minimum atomic E-state index is -1.07. The Morgan fingerprint density at radius 3 is 2.79 bits per heavy atom. The maximum absolute atomic E-state index is 11.3. The summed E-state index contributed by atoms with van der Waals surface area (Å²) in [4.78, 5) is 25.1. The highest BCUT2D eigenvalue weighted by atomic mass is 16.4. The smallest absolute Gasteiger partial charge is 0.339 e. The summed E-state index contributed by atoms with van der Waals surface area (Å²) in [5, 5.41) is 11.7. The molecule has 1 aromatic carbocycles. The Labute approximate surface area is 108 Å². The average Bonchev–Trinajstić information content (AvgIpc) is 2.89. The lowest BCUT2D eigenvalue weighted by Crippen LogP contribution is -2.03. The van der Waals surface area contributed by atoms with Gasteiger partial charge in [-0.15, -0.1) is 0 Å². The summed E-state index contributed by atoms with van der Waals surface area (Å²) < 4.78 is 0. The second kappa shape index (κ2) is 3.88. The number of carbonyl (C=O) groups excluding carboxylic acids is 1. The van der Waals surface area contributed by atoms with Crippen LogP contribution in [0.2, 0.25) is 0 Å². The van der Waals surface area contributed by atoms with Gasteiger partial charge in [-0.25, -0.2) is 4.79 Å². The Balaban J connectivity index is 2.04. The van der Waals surface area contributed by atoms with Crippen LogP contribution in [-0.4, -0.2) is 22.0 Å². The number of H-pyrrole nitrogens is 1. The molecule has 1 aromatic heterocycles. The highest BCUT2D eigenvalue weighted by Crippen LogP contribution is 2.30. The summed E-state index contributed by atoms with van der Waals surface area (Å²) in [6.07, 6.45) is 0.338. The Hall–Kier alpha value is -2.76. The number of carboxylic acids is 1. The van der Waals surface area contributed by atoms with Gasteiger partial charge in [0.05, 0.1) is 6.42 Å². The van der Waals surface area contributed by atoms with Crippen molar-refractivity contribution in [3.8, 4) is 11.3 Å². The Morgan fingerprint density at radius 1 is 1.32 bits per heavy atom. The molecule has 0 bridgehead atoms. The second-order valence-corrected chi connectivity index (χ2v) is 4.41. The fourth-order valence-corrected chi connectivity index (χ4v) is 2.20. The van der Waals surface area contributed by atoms with Crippen LogP contribution < -0.4 is 11.1 Å². The van der Waals surface area contributed by atoms with Gasteiger partial charge < -0.3 is 21.1 Å². The number of nitrogens with one attached hydrogen (secondary N) is 2. The lowest BCUT2D eigenvalue weighted by molar-refractivity contribution is -0.115. The number of carbonyl (C=O) groups is 2. The van der Waals surface area contributed by atoms with Gasteiger partial charge >= 0.3 is 5.97 Å². The predicted octanol–water partition coefficient (Wildman–Crippen LogP) is 1.46. The van der Waals surface area contributed by atoms with E-state index < -0.39 is 5.97 Å². The van der Waals surface area contributed by atoms with Gasteiger partial charge in [0.2, 0.25) is 5.91 Å². The van der Waals surface area contributed by atoms with Gasteiger partial charge in [-0.3, -0.25) is 4.79 Å². The molecule has 5 N–H and O–H groups in total. The Bertz CT molecular complexity index is 703. The molecular formula is C13H11N3O3. The van der Waals surface area contributed by atoms with Crippen molar-refractivity contribution in [3.05, 3.63) is 35.4 Å². The number of rotatable bonds is 2. The minimum absolute atomic E-state index is 0.0376. The first-order chi connectivity index (χ1) is 9.04. The molecule has 1 aliphatic heterocycles. The molecule has 6 nitrogen and oxygen atoms in total. The number of benzene rings is 1. The Morgan fingerprint density at radius 2 is 2.11 bits per heavy atom. The number of nitrogen functional groups attached to an aromatic ring is 1. The molecule has 2 heterocycles. The van der Waals surface area contributed by atoms with Crippen LogP contribution in [0.25, 0.3) is 11.3 Å². The molecule has 0 aliphatic carbocycles. The first-order valence-electron chi connectivity index (χ1n) is 5.69. The van der Waals surface area contributed by atoms with E-state index >= 15 is 0 Å². The number of amides is 1. The predicted molar refractivity (Wildman–Crippen MR) is 69.9 cm³/mol. The molecule has 0 saturated heterocycles. The zero-order valence-corrected chi connectivity index (χ0v) is 9.86. The van der Waals surface area contributed by atoms with Gasteiger partial charge in [-0.1, -0.05) is 6.07 Å². The number of aromatic carboxylic acids is 1. The van der Waals surface area contributed by atoms with Crippen LogP contribution in [0.5, 0.6) is 0 Å². The molecule has 1 amide bonds. The van der Waals surface area contributed by atoms with Crippen molar-refractivity contribution in [3.63, 3.8) is 0 Å². The van der Waals surface area contributed by atoms with E-state index in [1.54, 1.807) is 12.1 Å². The summed E-state index contributed by atoms with van der Waals surface area (Å²) in [6, 6.07) is 6.95. The van der Waals surface area contributed by atoms with Gasteiger partial charge in [0.25, 0.3) is 0 Å². The fourth-order valence-electron chi connectivity index (χ4n) is 2.20. The minimum Gasteiger partial charge on any atom is -0.478 e. The SMILES string of the molecule is Nc1[nH]c(-c2ccc3c(c2)CC(=O)N3)cc1C(=O)O. The Kier molecular flexibility index (Phi) is 2.31. The van der Waals surface area contributed by atoms with Crippen LogP contribution in [0.15, 0.2) is 24.3 Å². The van der Waals surface area contributed by atoms with Crippen molar-refractivity contribution in [2.24, 2.45) is 0 Å². The van der Waals surface area contributed by atoms with Gasteiger partial charge in [-0.2, -0.15) is 0 Å². The van der Waals surface area contributed by atoms with Crippen LogP contribution in [0.3, 0.4) is 0 Å². The molecule has 1 aliphatic rings. The number of hydrogen-bond acceptors (Lipinski definition) is 3. The van der Waals surface area contributed by atoms with Crippen LogP contribution in [0.1, 0.15) is 15.9 Å². The first-order valence-corrected chi connectivity index (χ1v) is 5.69. The van der Waals surface area contributed by atoms with E-state index in [1.165, 1.54) is 6.07 Å². The topological polar surface area (TPSA) is 108 Å². The van der Waals surface area contributed by atoms with Crippen molar-refractivity contribution in [2.45, 2.75) is 6.42 Å². The summed E-state index contributed by atoms with van der Waals surface area (Å²) >= 11 is 0. The lowest BCUT2D eigenvalue weighted by Gasteiger charge is -2.02. The van der Waals surface area contributed by atoms with Crippen molar-refractivity contribution in [1.29, 1.82) is 0 Å².